The van der Waals surface area contributed by atoms with Gasteiger partial charge in [-0.3, -0.25) is 0 Å². The first-order valence-electron chi connectivity index (χ1n) is 5.54. The quantitative estimate of drug-likeness (QED) is 0.414. The standard InChI is InChI=1S/C13H22O4/c1-4-7-15-11-13(17-9-6-3)12(10-14)16-8-5-2/h4-6,12-14H,1-3,7-11H2/t12-,13+/m0/s1. The van der Waals surface area contributed by atoms with E-state index in [1.807, 2.05) is 0 Å². The Hall–Kier alpha value is -0.940. The number of rotatable bonds is 12. The molecule has 0 fully saturated rings. The monoisotopic (exact) mass is 242 g/mol. The van der Waals surface area contributed by atoms with Gasteiger partial charge in [0.2, 0.25) is 0 Å². The molecule has 0 aliphatic carbocycles. The lowest BCUT2D eigenvalue weighted by molar-refractivity contribution is -0.105. The number of aliphatic hydroxyl groups is 1. The molecule has 0 unspecified atom stereocenters. The van der Waals surface area contributed by atoms with Crippen molar-refractivity contribution in [3.8, 4) is 0 Å². The molecule has 0 saturated carbocycles. The number of ether oxygens (including phenoxy) is 3. The molecule has 2 atom stereocenters. The van der Waals surface area contributed by atoms with E-state index in [1.54, 1.807) is 18.2 Å². The van der Waals surface area contributed by atoms with Crippen LogP contribution in [0.5, 0.6) is 0 Å². The minimum atomic E-state index is -0.433. The van der Waals surface area contributed by atoms with Gasteiger partial charge in [0.05, 0.1) is 33.0 Å². The molecule has 0 aromatic heterocycles. The van der Waals surface area contributed by atoms with Gasteiger partial charge in [0.1, 0.15) is 12.2 Å². The Kier molecular flexibility index (Phi) is 10.9. The van der Waals surface area contributed by atoms with Crippen LogP contribution in [0.25, 0.3) is 0 Å². The minimum absolute atomic E-state index is 0.132. The lowest BCUT2D eigenvalue weighted by atomic mass is 10.2. The third-order valence-corrected chi connectivity index (χ3v) is 1.97. The third kappa shape index (κ3) is 7.88. The summed E-state index contributed by atoms with van der Waals surface area (Å²) in [6, 6.07) is 0. The van der Waals surface area contributed by atoms with Crippen molar-refractivity contribution in [1.29, 1.82) is 0 Å². The molecular formula is C13H22O4. The second kappa shape index (κ2) is 11.5. The number of hydrogen-bond acceptors (Lipinski definition) is 4. The van der Waals surface area contributed by atoms with Crippen LogP contribution in [0.3, 0.4) is 0 Å². The second-order valence-electron chi connectivity index (χ2n) is 3.33. The fraction of sp³-hybridized carbons (Fsp3) is 0.538. The molecule has 0 aromatic carbocycles. The zero-order chi connectivity index (χ0) is 12.9. The fourth-order valence-corrected chi connectivity index (χ4v) is 1.19. The predicted octanol–water partition coefficient (Wildman–Crippen LogP) is 1.32. The maximum absolute atomic E-state index is 9.24. The van der Waals surface area contributed by atoms with Gasteiger partial charge in [-0.1, -0.05) is 18.2 Å². The van der Waals surface area contributed by atoms with Crippen molar-refractivity contribution in [3.05, 3.63) is 38.0 Å². The highest BCUT2D eigenvalue weighted by molar-refractivity contribution is 4.76. The van der Waals surface area contributed by atoms with Gasteiger partial charge in [0.15, 0.2) is 0 Å². The Bertz CT molecular complexity index is 215. The molecule has 0 radical (unpaired) electrons. The van der Waals surface area contributed by atoms with Crippen LogP contribution < -0.4 is 0 Å². The van der Waals surface area contributed by atoms with E-state index in [4.69, 9.17) is 14.2 Å². The Morgan fingerprint density at radius 3 is 1.88 bits per heavy atom. The van der Waals surface area contributed by atoms with Crippen LogP contribution >= 0.6 is 0 Å². The molecule has 1 N–H and O–H groups in total. The van der Waals surface area contributed by atoms with Gasteiger partial charge >= 0.3 is 0 Å². The van der Waals surface area contributed by atoms with Crippen LogP contribution in [0.2, 0.25) is 0 Å². The first-order valence-corrected chi connectivity index (χ1v) is 5.54. The molecule has 0 spiro atoms. The summed E-state index contributed by atoms with van der Waals surface area (Å²) in [6.45, 7) is 12.1. The van der Waals surface area contributed by atoms with Crippen LogP contribution in [0.15, 0.2) is 38.0 Å². The molecule has 17 heavy (non-hydrogen) atoms. The SMILES string of the molecule is C=CCOC[C@@H](OCC=C)[C@H](CO)OCC=C. The Labute approximate surface area is 103 Å². The van der Waals surface area contributed by atoms with Crippen LogP contribution in [0.1, 0.15) is 0 Å². The van der Waals surface area contributed by atoms with E-state index >= 15 is 0 Å². The number of hydrogen-bond donors (Lipinski definition) is 1. The molecule has 0 bridgehead atoms. The van der Waals surface area contributed by atoms with E-state index in [-0.39, 0.29) is 12.7 Å². The maximum Gasteiger partial charge on any atom is 0.110 e. The maximum atomic E-state index is 9.24. The Balaban J connectivity index is 4.20. The lowest BCUT2D eigenvalue weighted by Crippen LogP contribution is -2.38. The van der Waals surface area contributed by atoms with Crippen molar-refractivity contribution >= 4 is 0 Å². The summed E-state index contributed by atoms with van der Waals surface area (Å²) in [5.74, 6) is 0. The molecular weight excluding hydrogens is 220 g/mol. The topological polar surface area (TPSA) is 47.9 Å². The van der Waals surface area contributed by atoms with Crippen molar-refractivity contribution in [2.45, 2.75) is 12.2 Å². The highest BCUT2D eigenvalue weighted by Crippen LogP contribution is 2.06. The van der Waals surface area contributed by atoms with E-state index in [1.165, 1.54) is 0 Å². The smallest absolute Gasteiger partial charge is 0.110 e. The molecule has 0 amide bonds. The van der Waals surface area contributed by atoms with E-state index in [2.05, 4.69) is 19.7 Å². The Morgan fingerprint density at radius 2 is 1.41 bits per heavy atom. The average Bonchev–Trinajstić information content (AvgIpc) is 2.36. The molecule has 0 aliphatic heterocycles. The largest absolute Gasteiger partial charge is 0.394 e. The third-order valence-electron chi connectivity index (χ3n) is 1.97. The first kappa shape index (κ1) is 16.1. The summed E-state index contributed by atoms with van der Waals surface area (Å²) in [4.78, 5) is 0. The van der Waals surface area contributed by atoms with Crippen LogP contribution in [0.4, 0.5) is 0 Å². The summed E-state index contributed by atoms with van der Waals surface area (Å²) < 4.78 is 16.2. The average molecular weight is 242 g/mol. The van der Waals surface area contributed by atoms with Crippen LogP contribution in [0, 0.1) is 0 Å². The second-order valence-corrected chi connectivity index (χ2v) is 3.33. The van der Waals surface area contributed by atoms with Gasteiger partial charge in [-0.2, -0.15) is 0 Å². The molecule has 4 nitrogen and oxygen atoms in total. The lowest BCUT2D eigenvalue weighted by Gasteiger charge is -2.25. The zero-order valence-corrected chi connectivity index (χ0v) is 10.2. The predicted molar refractivity (Wildman–Crippen MR) is 68.0 cm³/mol. The van der Waals surface area contributed by atoms with Gasteiger partial charge in [-0.25, -0.2) is 0 Å². The van der Waals surface area contributed by atoms with Gasteiger partial charge in [0.25, 0.3) is 0 Å². The summed E-state index contributed by atoms with van der Waals surface area (Å²) in [6.07, 6.45) is 4.15. The normalized spacial score (nSPS) is 13.9. The van der Waals surface area contributed by atoms with Gasteiger partial charge < -0.3 is 19.3 Å². The minimum Gasteiger partial charge on any atom is -0.394 e. The molecule has 0 rings (SSSR count). The van der Waals surface area contributed by atoms with Crippen LogP contribution in [-0.4, -0.2) is 50.3 Å². The zero-order valence-electron chi connectivity index (χ0n) is 10.2. The molecule has 0 heterocycles. The highest BCUT2D eigenvalue weighted by Gasteiger charge is 2.22. The van der Waals surface area contributed by atoms with E-state index in [0.29, 0.717) is 26.4 Å². The summed E-state index contributed by atoms with van der Waals surface area (Å²) in [7, 11) is 0. The highest BCUT2D eigenvalue weighted by atomic mass is 16.6. The molecule has 0 saturated heterocycles. The number of aliphatic hydroxyl groups excluding tert-OH is 1. The molecule has 0 aromatic rings. The fourth-order valence-electron chi connectivity index (χ4n) is 1.19. The first-order chi connectivity index (χ1) is 8.29. The van der Waals surface area contributed by atoms with Gasteiger partial charge in [0, 0.05) is 0 Å². The van der Waals surface area contributed by atoms with Crippen molar-refractivity contribution < 1.29 is 19.3 Å². The van der Waals surface area contributed by atoms with Gasteiger partial charge in [-0.15, -0.1) is 19.7 Å². The van der Waals surface area contributed by atoms with E-state index in [9.17, 15) is 5.11 Å². The molecule has 4 heteroatoms. The summed E-state index contributed by atoms with van der Waals surface area (Å²) >= 11 is 0. The van der Waals surface area contributed by atoms with E-state index < -0.39 is 6.10 Å². The van der Waals surface area contributed by atoms with E-state index in [0.717, 1.165) is 0 Å². The van der Waals surface area contributed by atoms with Crippen molar-refractivity contribution in [1.82, 2.24) is 0 Å². The summed E-state index contributed by atoms with van der Waals surface area (Å²) in [5, 5.41) is 9.24. The molecule has 0 aliphatic rings. The Morgan fingerprint density at radius 1 is 0.882 bits per heavy atom. The van der Waals surface area contributed by atoms with Crippen molar-refractivity contribution in [3.63, 3.8) is 0 Å². The molecule has 98 valence electrons. The summed E-state index contributed by atoms with van der Waals surface area (Å²) in [5.41, 5.74) is 0. The van der Waals surface area contributed by atoms with Crippen molar-refractivity contribution in [2.75, 3.05) is 33.0 Å². The van der Waals surface area contributed by atoms with Crippen LogP contribution in [-0.2, 0) is 14.2 Å². The van der Waals surface area contributed by atoms with Crippen molar-refractivity contribution in [2.24, 2.45) is 0 Å². The van der Waals surface area contributed by atoms with Gasteiger partial charge in [-0.05, 0) is 0 Å².